The molecule has 35 heteroatoms. The Kier molecular flexibility index (Phi) is 35.3. The van der Waals surface area contributed by atoms with Crippen LogP contribution in [0.2, 0.25) is 15.1 Å². The van der Waals surface area contributed by atoms with Crippen molar-refractivity contribution in [1.29, 1.82) is 0 Å². The first-order valence-corrected chi connectivity index (χ1v) is 52.4. The molecule has 0 spiro atoms. The molecule has 772 valence electrons. The van der Waals surface area contributed by atoms with Crippen molar-refractivity contribution in [3.05, 3.63) is 279 Å². The molecular weight excluding hydrogens is 1980 g/mol. The van der Waals surface area contributed by atoms with Crippen molar-refractivity contribution in [3.8, 4) is 0 Å². The third-order valence-electron chi connectivity index (χ3n) is 28.4. The topological polar surface area (TPSA) is 314 Å². The minimum atomic E-state index is -0.396. The van der Waals surface area contributed by atoms with Gasteiger partial charge >= 0.3 is 24.4 Å². The van der Waals surface area contributed by atoms with E-state index in [1.54, 1.807) is 62.5 Å². The maximum atomic E-state index is 13.5. The van der Waals surface area contributed by atoms with Gasteiger partial charge in [0.25, 0.3) is 23.6 Å². The number of likely N-dealkylation sites (N-methyl/N-ethyl adjacent to an activating group) is 2. The second-order valence-corrected chi connectivity index (χ2v) is 40.6. The maximum Gasteiger partial charge on any atom is 0.410 e. The quantitative estimate of drug-likeness (QED) is 0.0372. The zero-order valence-electron chi connectivity index (χ0n) is 84.9. The number of aromatic nitrogens is 4. The van der Waals surface area contributed by atoms with Crippen molar-refractivity contribution in [2.24, 2.45) is 0 Å². The second-order valence-electron chi connectivity index (χ2n) is 38.4. The van der Waals surface area contributed by atoms with Gasteiger partial charge in [-0.05, 0) is 273 Å². The molecule has 4 aromatic heterocycles. The number of likely N-dealkylation sites (tertiary alicyclic amines) is 1. The highest BCUT2D eigenvalue weighted by Crippen LogP contribution is 2.46. The minimum Gasteiger partial charge on any atom is -0.450 e. The Morgan fingerprint density at radius 2 is 0.753 bits per heavy atom. The van der Waals surface area contributed by atoms with Crippen molar-refractivity contribution in [2.45, 2.75) is 103 Å². The molecule has 0 radical (unpaired) electrons. The van der Waals surface area contributed by atoms with Crippen LogP contribution in [0.5, 0.6) is 0 Å². The molecule has 7 aliphatic heterocycles. The number of carbonyl (C=O) groups is 9. The molecule has 31 nitrogen and oxygen atoms in total. The zero-order chi connectivity index (χ0) is 103. The number of aromatic amines is 4. The molecule has 5 N–H and O–H groups in total. The number of ether oxygens (including phenoxy) is 5. The molecule has 3 fully saturated rings. The SMILES string of the molecule is CCOC(=O)N1CCc2c([nH]c3ccc(Br)cc23)C1c1ccc(C(=O)N2CCN(CCCN(C)C)CC2)cc1.CCOC(=O)N1CCc2c([nH]c3ccc(Cl)cc23)C1c1ccc(C(=O)N(C)CCN(C)C)cc1.CCOC(=O)N1CCc2c([nH]c3ccc(Cl)cc23)C1c1ccc(C(=O)N2CCC(NC(C)=O)C2)cc1.CCOC(=O)N1CCc2c([nH]c3ccc(Cl)cc23)C1c1cccc(C(=O)N2CCN(CCOC)CC2)c1. The van der Waals surface area contributed by atoms with Crippen LogP contribution >= 0.6 is 50.7 Å². The fourth-order valence-corrected chi connectivity index (χ4v) is 21.9. The fraction of sp³-hybridized carbons (Fsp3) is 0.414. The van der Waals surface area contributed by atoms with Crippen LogP contribution in [0.25, 0.3) is 43.6 Å². The number of amides is 9. The van der Waals surface area contributed by atoms with E-state index in [0.29, 0.717) is 149 Å². The lowest BCUT2D eigenvalue weighted by atomic mass is 9.91. The number of carbonyl (C=O) groups excluding carboxylic acids is 9. The van der Waals surface area contributed by atoms with Crippen LogP contribution in [0, 0.1) is 0 Å². The van der Waals surface area contributed by atoms with Crippen LogP contribution in [0.3, 0.4) is 0 Å². The normalized spacial score (nSPS) is 17.8. The number of rotatable bonds is 23. The Labute approximate surface area is 875 Å². The van der Waals surface area contributed by atoms with Gasteiger partial charge in [-0.1, -0.05) is 99.3 Å². The lowest BCUT2D eigenvalue weighted by Gasteiger charge is -2.36. The number of piperazine rings is 2. The van der Waals surface area contributed by atoms with Gasteiger partial charge in [-0.15, -0.1) is 0 Å². The van der Waals surface area contributed by atoms with Gasteiger partial charge in [0.05, 0.1) is 33.0 Å². The summed E-state index contributed by atoms with van der Waals surface area (Å²) in [6, 6.07) is 52.5. The molecule has 12 aromatic rings. The molecule has 19 rings (SSSR count). The van der Waals surface area contributed by atoms with Crippen molar-refractivity contribution in [2.75, 3.05) is 200 Å². The molecule has 5 atom stereocenters. The third kappa shape index (κ3) is 24.3. The van der Waals surface area contributed by atoms with E-state index in [0.717, 1.165) is 189 Å². The molecule has 11 heterocycles. The molecule has 5 unspecified atom stereocenters. The summed E-state index contributed by atoms with van der Waals surface area (Å²) in [6.07, 6.45) is 3.31. The van der Waals surface area contributed by atoms with Gasteiger partial charge in [0.2, 0.25) is 5.91 Å². The van der Waals surface area contributed by atoms with Crippen LogP contribution in [0.1, 0.15) is 180 Å². The number of fused-ring (bicyclic) bond motifs is 12. The Bertz CT molecular complexity index is 6690. The molecule has 9 amide bonds. The summed E-state index contributed by atoms with van der Waals surface area (Å²) in [5, 5.41) is 9.27. The van der Waals surface area contributed by atoms with Gasteiger partial charge < -0.3 is 78.3 Å². The lowest BCUT2D eigenvalue weighted by molar-refractivity contribution is -0.119. The van der Waals surface area contributed by atoms with Crippen molar-refractivity contribution < 1.29 is 66.8 Å². The Morgan fingerprint density at radius 3 is 1.14 bits per heavy atom. The average Bonchev–Trinajstić information content (AvgIpc) is 1.62. The number of hydrogen-bond donors (Lipinski definition) is 5. The Balaban J connectivity index is 0.000000139. The van der Waals surface area contributed by atoms with Crippen LogP contribution in [-0.4, -0.2) is 338 Å². The van der Waals surface area contributed by atoms with E-state index in [-0.39, 0.29) is 78.1 Å². The van der Waals surface area contributed by atoms with Gasteiger partial charge in [-0.2, -0.15) is 0 Å². The predicted octanol–water partition coefficient (Wildman–Crippen LogP) is 17.9. The van der Waals surface area contributed by atoms with E-state index < -0.39 is 6.04 Å². The van der Waals surface area contributed by atoms with E-state index in [1.165, 1.54) is 17.9 Å². The van der Waals surface area contributed by atoms with Crippen LogP contribution < -0.4 is 5.32 Å². The van der Waals surface area contributed by atoms with Crippen molar-refractivity contribution >= 4 is 148 Å². The summed E-state index contributed by atoms with van der Waals surface area (Å²) in [7, 11) is 11.7. The third-order valence-corrected chi connectivity index (χ3v) is 29.6. The summed E-state index contributed by atoms with van der Waals surface area (Å²) >= 11 is 22.4. The first-order chi connectivity index (χ1) is 70.5. The van der Waals surface area contributed by atoms with Gasteiger partial charge in [-0.25, -0.2) is 19.2 Å². The average molecular weight is 2110 g/mol. The number of nitrogens with one attached hydrogen (secondary N) is 5. The van der Waals surface area contributed by atoms with E-state index in [1.807, 2.05) is 195 Å². The summed E-state index contributed by atoms with van der Waals surface area (Å²) < 4.78 is 27.8. The highest BCUT2D eigenvalue weighted by molar-refractivity contribution is 9.10. The largest absolute Gasteiger partial charge is 0.450 e. The van der Waals surface area contributed by atoms with Crippen molar-refractivity contribution in [1.82, 2.24) is 84.1 Å². The summed E-state index contributed by atoms with van der Waals surface area (Å²) in [5.41, 5.74) is 18.6. The Morgan fingerprint density at radius 1 is 0.390 bits per heavy atom. The molecule has 146 heavy (non-hydrogen) atoms. The molecule has 0 bridgehead atoms. The van der Waals surface area contributed by atoms with Gasteiger partial charge in [0.15, 0.2) is 0 Å². The first kappa shape index (κ1) is 106. The summed E-state index contributed by atoms with van der Waals surface area (Å²) in [5.74, 6) is -0.107. The predicted molar refractivity (Wildman–Crippen MR) is 572 cm³/mol. The number of halogens is 4. The van der Waals surface area contributed by atoms with Crippen LogP contribution in [0.4, 0.5) is 19.2 Å². The van der Waals surface area contributed by atoms with E-state index >= 15 is 0 Å². The molecular formula is C111H131BrCl3N17O14. The minimum absolute atomic E-state index is 0.00962. The maximum absolute atomic E-state index is 13.5. The number of benzene rings is 8. The molecule has 0 saturated carbocycles. The number of hydrogen-bond acceptors (Lipinski definition) is 18. The number of nitrogens with zero attached hydrogens (tertiary/aromatic N) is 12. The van der Waals surface area contributed by atoms with E-state index in [2.05, 4.69) is 82.1 Å². The fourth-order valence-electron chi connectivity index (χ4n) is 21.1. The first-order valence-electron chi connectivity index (χ1n) is 50.5. The van der Waals surface area contributed by atoms with Crippen LogP contribution in [0.15, 0.2) is 174 Å². The molecule has 8 aromatic carbocycles. The number of H-pyrrole nitrogens is 4. The number of methoxy groups -OCH3 is 1. The smallest absolute Gasteiger partial charge is 0.410 e. The molecule has 7 aliphatic rings. The summed E-state index contributed by atoms with van der Waals surface area (Å²) in [4.78, 5) is 153. The van der Waals surface area contributed by atoms with E-state index in [4.69, 9.17) is 58.5 Å². The van der Waals surface area contributed by atoms with Gasteiger partial charge in [0.1, 0.15) is 24.2 Å². The zero-order valence-corrected chi connectivity index (χ0v) is 88.7. The van der Waals surface area contributed by atoms with Gasteiger partial charge in [0, 0.05) is 247 Å². The molecule has 3 saturated heterocycles. The second kappa shape index (κ2) is 48.4. The summed E-state index contributed by atoms with van der Waals surface area (Å²) in [6.45, 7) is 24.6. The highest BCUT2D eigenvalue weighted by atomic mass is 79.9. The lowest BCUT2D eigenvalue weighted by Crippen LogP contribution is -2.49. The van der Waals surface area contributed by atoms with Crippen LogP contribution in [-0.2, 0) is 54.2 Å². The van der Waals surface area contributed by atoms with E-state index in [9.17, 15) is 43.2 Å². The standard InChI is InChI=1S/C30H38BrN5O3.C28H33ClN4O4.C27H29ClN4O4.C26H31ClN4O3/c1-4-39-30(38)36-15-12-24-25-20-23(31)10-11-26(25)32-27(24)28(36)21-6-8-22(9-7-21)29(37)35-18-16-34(17-19-35)14-5-13-33(2)3;1-3-37-28(35)33-10-9-22-23-18-21(29)7-8-24(23)30-25(22)26(33)19-5-4-6-20(17-19)27(34)32-13-11-31(12-14-32)15-16-36-2;1-3-36-27(35)32-13-11-21-22-14-19(28)8-9-23(22)30-24(21)25(32)17-4-6-18(7-5-17)26(34)31-12-10-20(15-31)29-16(2)33;1-5-34-26(33)31-13-12-20-21-16-19(27)10-11-22(21)28-23(20)24(31)17-6-8-18(9-7-17)25(32)30(4)15-14-29(2)3/h6-11,20,28,32H,4-5,12-19H2,1-3H3;4-8,17-18,26,30H,3,9-16H2,1-2H3;4-9,14,20,25,30H,3,10-13,15H2,1-2H3,(H,29,33);6-11,16,24,28H,5,12-15H2,1-4H3. The highest BCUT2D eigenvalue weighted by Gasteiger charge is 2.42. The monoisotopic (exact) mass is 2110 g/mol. The van der Waals surface area contributed by atoms with Gasteiger partial charge in [-0.3, -0.25) is 53.4 Å². The van der Waals surface area contributed by atoms with Crippen molar-refractivity contribution in [3.63, 3.8) is 0 Å². The molecule has 0 aliphatic carbocycles. The Hall–Kier alpha value is -12.5.